The lowest BCUT2D eigenvalue weighted by molar-refractivity contribution is -0.141. The van der Waals surface area contributed by atoms with E-state index in [1.54, 1.807) is 6.20 Å². The monoisotopic (exact) mass is 288 g/mol. The predicted molar refractivity (Wildman–Crippen MR) is 75.5 cm³/mol. The zero-order chi connectivity index (χ0) is 15.2. The van der Waals surface area contributed by atoms with E-state index in [9.17, 15) is 9.59 Å². The summed E-state index contributed by atoms with van der Waals surface area (Å²) < 4.78 is 5.57. The summed E-state index contributed by atoms with van der Waals surface area (Å²) in [6, 6.07) is 8.63. The molecule has 2 rings (SSSR count). The maximum atomic E-state index is 11.6. The van der Waals surface area contributed by atoms with Crippen LogP contribution in [0.2, 0.25) is 0 Å². The van der Waals surface area contributed by atoms with Crippen molar-refractivity contribution in [3.8, 4) is 11.3 Å². The van der Waals surface area contributed by atoms with Crippen LogP contribution in [0.4, 0.5) is 0 Å². The van der Waals surface area contributed by atoms with Crippen LogP contribution in [-0.4, -0.2) is 28.0 Å². The van der Waals surface area contributed by atoms with Crippen LogP contribution in [-0.2, 0) is 16.0 Å². The Labute approximate surface area is 121 Å². The summed E-state index contributed by atoms with van der Waals surface area (Å²) in [7, 11) is 0. The predicted octanol–water partition coefficient (Wildman–Crippen LogP) is 1.86. The van der Waals surface area contributed by atoms with Crippen molar-refractivity contribution in [2.75, 3.05) is 0 Å². The van der Waals surface area contributed by atoms with Crippen LogP contribution in [0.1, 0.15) is 19.2 Å². The number of rotatable bonds is 6. The van der Waals surface area contributed by atoms with Crippen molar-refractivity contribution in [3.63, 3.8) is 0 Å². The number of benzene rings is 1. The lowest BCUT2D eigenvalue weighted by Gasteiger charge is -2.07. The molecule has 21 heavy (non-hydrogen) atoms. The van der Waals surface area contributed by atoms with E-state index in [2.05, 4.69) is 10.3 Å². The van der Waals surface area contributed by atoms with Crippen LogP contribution in [0, 0.1) is 0 Å². The van der Waals surface area contributed by atoms with Gasteiger partial charge in [-0.1, -0.05) is 30.3 Å². The first-order valence-corrected chi connectivity index (χ1v) is 6.58. The molecule has 110 valence electrons. The first-order valence-electron chi connectivity index (χ1n) is 6.58. The summed E-state index contributed by atoms with van der Waals surface area (Å²) in [6.07, 6.45) is 2.07. The van der Waals surface area contributed by atoms with Gasteiger partial charge in [-0.15, -0.1) is 0 Å². The second-order valence-electron chi connectivity index (χ2n) is 4.61. The summed E-state index contributed by atoms with van der Waals surface area (Å²) in [4.78, 5) is 26.3. The number of amides is 1. The van der Waals surface area contributed by atoms with Crippen LogP contribution >= 0.6 is 0 Å². The van der Waals surface area contributed by atoms with Crippen LogP contribution in [0.15, 0.2) is 40.9 Å². The molecule has 1 heterocycles. The Balaban J connectivity index is 1.89. The quantitative estimate of drug-likeness (QED) is 0.846. The highest BCUT2D eigenvalue weighted by Crippen LogP contribution is 2.20. The number of nitrogens with zero attached hydrogens (tertiary/aromatic N) is 1. The molecule has 0 saturated carbocycles. The highest BCUT2D eigenvalue weighted by Gasteiger charge is 2.14. The molecule has 1 atom stereocenters. The Kier molecular flexibility index (Phi) is 4.71. The van der Waals surface area contributed by atoms with Gasteiger partial charge in [-0.2, -0.15) is 0 Å². The van der Waals surface area contributed by atoms with Crippen LogP contribution in [0.3, 0.4) is 0 Å². The molecule has 0 radical (unpaired) electrons. The van der Waals surface area contributed by atoms with Crippen molar-refractivity contribution in [1.82, 2.24) is 10.3 Å². The molecule has 0 bridgehead atoms. The average Bonchev–Trinajstić information content (AvgIpc) is 2.95. The number of carboxylic acid groups (broad SMARTS) is 1. The van der Waals surface area contributed by atoms with Gasteiger partial charge >= 0.3 is 5.97 Å². The van der Waals surface area contributed by atoms with Gasteiger partial charge in [0.1, 0.15) is 6.04 Å². The van der Waals surface area contributed by atoms with Gasteiger partial charge < -0.3 is 14.8 Å². The minimum Gasteiger partial charge on any atom is -0.480 e. The number of carboxylic acids is 1. The zero-order valence-corrected chi connectivity index (χ0v) is 11.6. The molecule has 0 saturated heterocycles. The average molecular weight is 288 g/mol. The Bertz CT molecular complexity index is 622. The van der Waals surface area contributed by atoms with Crippen molar-refractivity contribution in [2.45, 2.75) is 25.8 Å². The number of aromatic nitrogens is 1. The van der Waals surface area contributed by atoms with Crippen molar-refractivity contribution in [2.24, 2.45) is 0 Å². The first-order chi connectivity index (χ1) is 10.1. The number of carbonyl (C=O) groups excluding carboxylic acids is 1. The van der Waals surface area contributed by atoms with Gasteiger partial charge in [0.25, 0.3) is 0 Å². The number of carbonyl (C=O) groups is 2. The van der Waals surface area contributed by atoms with E-state index in [1.807, 2.05) is 30.3 Å². The Morgan fingerprint density at radius 3 is 2.71 bits per heavy atom. The molecule has 0 unspecified atom stereocenters. The third kappa shape index (κ3) is 4.17. The highest BCUT2D eigenvalue weighted by molar-refractivity contribution is 5.83. The number of hydrogen-bond acceptors (Lipinski definition) is 4. The SMILES string of the molecule is C[C@H](NC(=O)CCc1ncc(-c2ccccc2)o1)C(=O)O. The maximum absolute atomic E-state index is 11.6. The molecular formula is C15H16N2O4. The van der Waals surface area contributed by atoms with Crippen molar-refractivity contribution < 1.29 is 19.1 Å². The van der Waals surface area contributed by atoms with Gasteiger partial charge in [0.05, 0.1) is 6.20 Å². The number of aryl methyl sites for hydroxylation is 1. The van der Waals surface area contributed by atoms with E-state index >= 15 is 0 Å². The van der Waals surface area contributed by atoms with E-state index in [1.165, 1.54) is 6.92 Å². The highest BCUT2D eigenvalue weighted by atomic mass is 16.4. The Hall–Kier alpha value is -2.63. The van der Waals surface area contributed by atoms with Gasteiger partial charge in [0.2, 0.25) is 5.91 Å². The topological polar surface area (TPSA) is 92.4 Å². The summed E-state index contributed by atoms with van der Waals surface area (Å²) in [6.45, 7) is 1.42. The maximum Gasteiger partial charge on any atom is 0.325 e. The lowest BCUT2D eigenvalue weighted by atomic mass is 10.2. The van der Waals surface area contributed by atoms with E-state index < -0.39 is 12.0 Å². The molecule has 0 fully saturated rings. The third-order valence-corrected chi connectivity index (χ3v) is 2.93. The van der Waals surface area contributed by atoms with Gasteiger partial charge in [-0.3, -0.25) is 9.59 Å². The molecule has 0 aliphatic heterocycles. The molecule has 1 aromatic heterocycles. The van der Waals surface area contributed by atoms with Gasteiger partial charge in [-0.25, -0.2) is 4.98 Å². The van der Waals surface area contributed by atoms with E-state index in [-0.39, 0.29) is 12.3 Å². The van der Waals surface area contributed by atoms with E-state index in [0.29, 0.717) is 18.1 Å². The number of hydrogen-bond donors (Lipinski definition) is 2. The second kappa shape index (κ2) is 6.69. The zero-order valence-electron chi connectivity index (χ0n) is 11.6. The molecule has 6 heteroatoms. The largest absolute Gasteiger partial charge is 0.480 e. The van der Waals surface area contributed by atoms with Crippen molar-refractivity contribution in [3.05, 3.63) is 42.4 Å². The summed E-state index contributed by atoms with van der Waals surface area (Å²) in [5.74, 6) is -0.313. The molecule has 0 aliphatic rings. The van der Waals surface area contributed by atoms with Crippen LogP contribution in [0.5, 0.6) is 0 Å². The minimum absolute atomic E-state index is 0.131. The number of aliphatic carboxylic acids is 1. The molecule has 2 aromatic rings. The van der Waals surface area contributed by atoms with Gasteiger partial charge in [0, 0.05) is 18.4 Å². The van der Waals surface area contributed by atoms with E-state index in [0.717, 1.165) is 5.56 Å². The summed E-state index contributed by atoms with van der Waals surface area (Å²) >= 11 is 0. The molecule has 6 nitrogen and oxygen atoms in total. The normalized spacial score (nSPS) is 11.9. The van der Waals surface area contributed by atoms with Crippen molar-refractivity contribution in [1.29, 1.82) is 0 Å². The molecular weight excluding hydrogens is 272 g/mol. The fourth-order valence-electron chi connectivity index (χ4n) is 1.76. The molecule has 1 amide bonds. The molecule has 0 spiro atoms. The second-order valence-corrected chi connectivity index (χ2v) is 4.61. The fourth-order valence-corrected chi connectivity index (χ4v) is 1.76. The van der Waals surface area contributed by atoms with Crippen LogP contribution in [0.25, 0.3) is 11.3 Å². The summed E-state index contributed by atoms with van der Waals surface area (Å²) in [5.41, 5.74) is 0.917. The minimum atomic E-state index is -1.06. The van der Waals surface area contributed by atoms with Crippen molar-refractivity contribution >= 4 is 11.9 Å². The lowest BCUT2D eigenvalue weighted by Crippen LogP contribution is -2.38. The van der Waals surface area contributed by atoms with Crippen LogP contribution < -0.4 is 5.32 Å². The standard InChI is InChI=1S/C15H16N2O4/c1-10(15(19)20)17-13(18)7-8-14-16-9-12(21-14)11-5-3-2-4-6-11/h2-6,9-10H,7-8H2,1H3,(H,17,18)(H,19,20)/t10-/m0/s1. The number of oxazole rings is 1. The molecule has 1 aromatic carbocycles. The van der Waals surface area contributed by atoms with E-state index in [4.69, 9.17) is 9.52 Å². The fraction of sp³-hybridized carbons (Fsp3) is 0.267. The van der Waals surface area contributed by atoms with Gasteiger partial charge in [0.15, 0.2) is 11.7 Å². The number of nitrogens with one attached hydrogen (secondary N) is 1. The van der Waals surface area contributed by atoms with Gasteiger partial charge in [-0.05, 0) is 6.92 Å². The molecule has 0 aliphatic carbocycles. The first kappa shape index (κ1) is 14.8. The molecule has 2 N–H and O–H groups in total. The Morgan fingerprint density at radius 2 is 2.05 bits per heavy atom. The third-order valence-electron chi connectivity index (χ3n) is 2.93. The summed E-state index contributed by atoms with van der Waals surface area (Å²) in [5, 5.41) is 11.1. The Morgan fingerprint density at radius 1 is 1.33 bits per heavy atom. The smallest absolute Gasteiger partial charge is 0.325 e.